The Balaban J connectivity index is 3.89. The van der Waals surface area contributed by atoms with E-state index in [0.717, 1.165) is 6.07 Å². The van der Waals surface area contributed by atoms with Gasteiger partial charge in [0.1, 0.15) is 0 Å². The van der Waals surface area contributed by atoms with Gasteiger partial charge in [0.05, 0.1) is 12.7 Å². The predicted octanol–water partition coefficient (Wildman–Crippen LogP) is 1.72. The molecule has 1 atom stereocenters. The van der Waals surface area contributed by atoms with Crippen LogP contribution in [0.3, 0.4) is 0 Å². The Morgan fingerprint density at radius 1 is 1.55 bits per heavy atom. The van der Waals surface area contributed by atoms with Crippen LogP contribution in [0.25, 0.3) is 0 Å². The van der Waals surface area contributed by atoms with E-state index in [-0.39, 0.29) is 6.61 Å². The second-order valence-corrected chi connectivity index (χ2v) is 1.88. The first-order valence-corrected chi connectivity index (χ1v) is 3.06. The van der Waals surface area contributed by atoms with Gasteiger partial charge in [0.15, 0.2) is 5.92 Å². The molecule has 11 heavy (non-hydrogen) atoms. The van der Waals surface area contributed by atoms with Crippen LogP contribution in [-0.2, 0) is 4.74 Å². The molecule has 0 fully saturated rings. The van der Waals surface area contributed by atoms with Crippen molar-refractivity contribution < 1.29 is 17.9 Å². The van der Waals surface area contributed by atoms with Gasteiger partial charge >= 0.3 is 6.18 Å². The highest BCUT2D eigenvalue weighted by Crippen LogP contribution is 2.25. The number of nitrogens with zero attached hydrogens (tertiary/aromatic N) is 1. The maximum atomic E-state index is 11.7. The molecule has 0 radical (unpaired) electrons. The zero-order chi connectivity index (χ0) is 8.91. The Hall–Kier alpha value is -0.760. The summed E-state index contributed by atoms with van der Waals surface area (Å²) in [5, 5.41) is 8.04. The zero-order valence-corrected chi connectivity index (χ0v) is 5.98. The third-order valence-corrected chi connectivity index (χ3v) is 1.04. The van der Waals surface area contributed by atoms with E-state index < -0.39 is 18.7 Å². The van der Waals surface area contributed by atoms with E-state index >= 15 is 0 Å². The van der Waals surface area contributed by atoms with Gasteiger partial charge in [-0.15, -0.1) is 0 Å². The van der Waals surface area contributed by atoms with Crippen LogP contribution in [0.2, 0.25) is 0 Å². The summed E-state index contributed by atoms with van der Waals surface area (Å²) >= 11 is 0. The third kappa shape index (κ3) is 3.83. The lowest BCUT2D eigenvalue weighted by molar-refractivity contribution is -0.171. The molecule has 0 aliphatic carbocycles. The van der Waals surface area contributed by atoms with Crippen LogP contribution in [0.1, 0.15) is 6.92 Å². The second-order valence-electron chi connectivity index (χ2n) is 1.88. The number of rotatable bonds is 3. The molecule has 64 valence electrons. The van der Waals surface area contributed by atoms with Crippen molar-refractivity contribution in [1.29, 1.82) is 5.26 Å². The summed E-state index contributed by atoms with van der Waals surface area (Å²) in [6.45, 7) is 1.19. The normalized spacial score (nSPS) is 14.1. The van der Waals surface area contributed by atoms with Crippen molar-refractivity contribution in [3.8, 4) is 6.07 Å². The quantitative estimate of drug-likeness (QED) is 0.641. The molecule has 0 bridgehead atoms. The minimum Gasteiger partial charge on any atom is -0.380 e. The number of hydrogen-bond donors (Lipinski definition) is 0. The van der Waals surface area contributed by atoms with Gasteiger partial charge < -0.3 is 4.74 Å². The Morgan fingerprint density at radius 3 is 2.36 bits per heavy atom. The number of nitriles is 1. The van der Waals surface area contributed by atoms with Crippen LogP contribution in [0.4, 0.5) is 13.2 Å². The molecule has 0 N–H and O–H groups in total. The first-order valence-electron chi connectivity index (χ1n) is 3.06. The molecule has 0 rings (SSSR count). The molecule has 0 aromatic heterocycles. The van der Waals surface area contributed by atoms with Crippen molar-refractivity contribution in [3.05, 3.63) is 0 Å². The maximum Gasteiger partial charge on any atom is 0.406 e. The molecule has 0 spiro atoms. The van der Waals surface area contributed by atoms with Gasteiger partial charge in [-0.2, -0.15) is 18.4 Å². The lowest BCUT2D eigenvalue weighted by Crippen LogP contribution is -2.25. The highest BCUT2D eigenvalue weighted by molar-refractivity contribution is 4.87. The lowest BCUT2D eigenvalue weighted by atomic mass is 10.2. The molecular weight excluding hydrogens is 159 g/mol. The molecule has 1 unspecified atom stereocenters. The van der Waals surface area contributed by atoms with E-state index in [4.69, 9.17) is 5.26 Å². The molecule has 0 heterocycles. The average molecular weight is 167 g/mol. The molecule has 5 heteroatoms. The monoisotopic (exact) mass is 167 g/mol. The Kier molecular flexibility index (Phi) is 3.90. The highest BCUT2D eigenvalue weighted by Gasteiger charge is 2.39. The largest absolute Gasteiger partial charge is 0.406 e. The lowest BCUT2D eigenvalue weighted by Gasteiger charge is -2.11. The number of halogens is 3. The van der Waals surface area contributed by atoms with Crippen LogP contribution in [0.5, 0.6) is 0 Å². The molecule has 0 aliphatic rings. The molecule has 0 saturated carbocycles. The SMILES string of the molecule is CCOCC(C#N)C(F)(F)F. The smallest absolute Gasteiger partial charge is 0.380 e. The first kappa shape index (κ1) is 10.2. The van der Waals surface area contributed by atoms with E-state index in [2.05, 4.69) is 4.74 Å². The van der Waals surface area contributed by atoms with Crippen molar-refractivity contribution >= 4 is 0 Å². The summed E-state index contributed by atoms with van der Waals surface area (Å²) in [5.41, 5.74) is 0. The predicted molar refractivity (Wildman–Crippen MR) is 31.7 cm³/mol. The number of ether oxygens (including phenoxy) is 1. The first-order chi connectivity index (χ1) is 5.02. The van der Waals surface area contributed by atoms with Crippen LogP contribution < -0.4 is 0 Å². The van der Waals surface area contributed by atoms with Crippen molar-refractivity contribution in [2.75, 3.05) is 13.2 Å². The fourth-order valence-corrected chi connectivity index (χ4v) is 0.441. The Labute approximate surface area is 62.6 Å². The van der Waals surface area contributed by atoms with Gasteiger partial charge in [0.2, 0.25) is 0 Å². The topological polar surface area (TPSA) is 33.0 Å². The molecule has 2 nitrogen and oxygen atoms in total. The summed E-state index contributed by atoms with van der Waals surface area (Å²) in [4.78, 5) is 0. The minimum atomic E-state index is -4.47. The fourth-order valence-electron chi connectivity index (χ4n) is 0.441. The van der Waals surface area contributed by atoms with Gasteiger partial charge in [0, 0.05) is 6.61 Å². The maximum absolute atomic E-state index is 11.7. The van der Waals surface area contributed by atoms with Crippen molar-refractivity contribution in [3.63, 3.8) is 0 Å². The second kappa shape index (κ2) is 4.19. The van der Waals surface area contributed by atoms with E-state index in [1.165, 1.54) is 0 Å². The van der Waals surface area contributed by atoms with Crippen LogP contribution >= 0.6 is 0 Å². The van der Waals surface area contributed by atoms with Crippen molar-refractivity contribution in [2.45, 2.75) is 13.1 Å². The number of alkyl halides is 3. The molecule has 0 saturated heterocycles. The van der Waals surface area contributed by atoms with Gasteiger partial charge in [-0.05, 0) is 6.92 Å². The summed E-state index contributed by atoms with van der Waals surface area (Å²) in [5.74, 6) is -2.00. The standard InChI is InChI=1S/C6H8F3NO/c1-2-11-4-5(3-10)6(7,8)9/h5H,2,4H2,1H3. The van der Waals surface area contributed by atoms with Gasteiger partial charge in [-0.25, -0.2) is 0 Å². The van der Waals surface area contributed by atoms with E-state index in [9.17, 15) is 13.2 Å². The molecule has 0 aliphatic heterocycles. The molecular formula is C6H8F3NO. The molecule has 0 aromatic rings. The Morgan fingerprint density at radius 2 is 2.09 bits per heavy atom. The van der Waals surface area contributed by atoms with E-state index in [1.807, 2.05) is 0 Å². The zero-order valence-electron chi connectivity index (χ0n) is 5.98. The van der Waals surface area contributed by atoms with E-state index in [0.29, 0.717) is 0 Å². The van der Waals surface area contributed by atoms with Crippen molar-refractivity contribution in [2.24, 2.45) is 5.92 Å². The summed E-state index contributed by atoms with van der Waals surface area (Å²) in [6.07, 6.45) is -4.47. The average Bonchev–Trinajstić information content (AvgIpc) is 1.87. The Bertz CT molecular complexity index is 149. The third-order valence-electron chi connectivity index (χ3n) is 1.04. The van der Waals surface area contributed by atoms with Crippen LogP contribution in [0.15, 0.2) is 0 Å². The van der Waals surface area contributed by atoms with Gasteiger partial charge in [-0.3, -0.25) is 0 Å². The molecule has 0 aromatic carbocycles. The fraction of sp³-hybridized carbons (Fsp3) is 0.833. The highest BCUT2D eigenvalue weighted by atomic mass is 19.4. The van der Waals surface area contributed by atoms with Crippen LogP contribution in [-0.4, -0.2) is 19.4 Å². The van der Waals surface area contributed by atoms with Gasteiger partial charge in [0.25, 0.3) is 0 Å². The number of hydrogen-bond acceptors (Lipinski definition) is 2. The summed E-state index contributed by atoms with van der Waals surface area (Å²) in [7, 11) is 0. The van der Waals surface area contributed by atoms with Crippen molar-refractivity contribution in [1.82, 2.24) is 0 Å². The summed E-state index contributed by atoms with van der Waals surface area (Å²) < 4.78 is 39.7. The van der Waals surface area contributed by atoms with E-state index in [1.54, 1.807) is 6.92 Å². The van der Waals surface area contributed by atoms with Gasteiger partial charge in [-0.1, -0.05) is 0 Å². The minimum absolute atomic E-state index is 0.189. The summed E-state index contributed by atoms with van der Waals surface area (Å²) in [6, 6.07) is 1.13. The molecule has 0 amide bonds. The van der Waals surface area contributed by atoms with Crippen LogP contribution in [0, 0.1) is 17.2 Å².